The molecule has 0 spiro atoms. The largest absolute Gasteiger partial charge is 0.493 e. The van der Waals surface area contributed by atoms with Gasteiger partial charge in [-0.15, -0.1) is 0 Å². The summed E-state index contributed by atoms with van der Waals surface area (Å²) < 4.78 is 6.06. The van der Waals surface area contributed by atoms with E-state index in [1.54, 1.807) is 6.20 Å². The summed E-state index contributed by atoms with van der Waals surface area (Å²) in [6.45, 7) is 2.87. The monoisotopic (exact) mass is 317 g/mol. The van der Waals surface area contributed by atoms with Gasteiger partial charge in [-0.05, 0) is 41.5 Å². The molecule has 24 heavy (non-hydrogen) atoms. The molecule has 4 rings (SSSR count). The van der Waals surface area contributed by atoms with Crippen LogP contribution >= 0.6 is 0 Å². The van der Waals surface area contributed by atoms with Crippen molar-refractivity contribution < 1.29 is 4.74 Å². The van der Waals surface area contributed by atoms with Crippen LogP contribution in [0.1, 0.15) is 19.8 Å². The number of unbranched alkanes of at least 4 members (excludes halogenated alkanes) is 1. The van der Waals surface area contributed by atoms with E-state index < -0.39 is 0 Å². The number of hydrogen-bond acceptors (Lipinski definition) is 3. The molecule has 1 N–H and O–H groups in total. The molecule has 2 heterocycles. The SMILES string of the molecule is CCCCOc1cc2ccccc2cc1-c1nc2ncccc2[nH]1. The first-order chi connectivity index (χ1) is 11.8. The van der Waals surface area contributed by atoms with Crippen molar-refractivity contribution in [2.75, 3.05) is 6.61 Å². The van der Waals surface area contributed by atoms with Crippen LogP contribution in [0.5, 0.6) is 5.75 Å². The molecule has 0 atom stereocenters. The van der Waals surface area contributed by atoms with Crippen molar-refractivity contribution in [1.29, 1.82) is 0 Å². The Balaban J connectivity index is 1.85. The van der Waals surface area contributed by atoms with Crippen LogP contribution in [0.4, 0.5) is 0 Å². The molecule has 0 unspecified atom stereocenters. The van der Waals surface area contributed by atoms with E-state index in [2.05, 4.69) is 46.1 Å². The van der Waals surface area contributed by atoms with Crippen molar-refractivity contribution in [3.8, 4) is 17.1 Å². The lowest BCUT2D eigenvalue weighted by Crippen LogP contribution is -1.99. The third kappa shape index (κ3) is 2.71. The number of rotatable bonds is 5. The molecule has 0 saturated heterocycles. The Labute approximate surface area is 140 Å². The van der Waals surface area contributed by atoms with E-state index in [-0.39, 0.29) is 0 Å². The zero-order chi connectivity index (χ0) is 16.4. The topological polar surface area (TPSA) is 50.8 Å². The Hall–Kier alpha value is -2.88. The van der Waals surface area contributed by atoms with Gasteiger partial charge in [0.05, 0.1) is 17.7 Å². The van der Waals surface area contributed by atoms with E-state index in [1.807, 2.05) is 24.3 Å². The Morgan fingerprint density at radius 1 is 1.04 bits per heavy atom. The standard InChI is InChI=1S/C20H19N3O/c1-2-3-11-24-18-13-15-8-5-4-7-14(15)12-16(18)19-22-17-9-6-10-21-20(17)23-19/h4-10,12-13H,2-3,11H2,1H3,(H,21,22,23). The van der Waals surface area contributed by atoms with Gasteiger partial charge in [0.2, 0.25) is 0 Å². The molecule has 120 valence electrons. The second-order valence-electron chi connectivity index (χ2n) is 5.86. The maximum Gasteiger partial charge on any atom is 0.178 e. The van der Waals surface area contributed by atoms with Gasteiger partial charge in [-0.1, -0.05) is 37.6 Å². The summed E-state index contributed by atoms with van der Waals surface area (Å²) >= 11 is 0. The summed E-state index contributed by atoms with van der Waals surface area (Å²) in [4.78, 5) is 12.3. The van der Waals surface area contributed by atoms with E-state index in [0.29, 0.717) is 6.61 Å². The molecule has 2 aromatic heterocycles. The van der Waals surface area contributed by atoms with Crippen LogP contribution in [0.3, 0.4) is 0 Å². The van der Waals surface area contributed by atoms with E-state index in [1.165, 1.54) is 10.8 Å². The van der Waals surface area contributed by atoms with Gasteiger partial charge in [-0.3, -0.25) is 0 Å². The normalized spacial score (nSPS) is 11.2. The summed E-state index contributed by atoms with van der Waals surface area (Å²) in [5.41, 5.74) is 2.63. The molecule has 4 heteroatoms. The molecule has 2 aromatic carbocycles. The fourth-order valence-corrected chi connectivity index (χ4v) is 2.82. The van der Waals surface area contributed by atoms with Crippen LogP contribution in [0.25, 0.3) is 33.3 Å². The number of H-pyrrole nitrogens is 1. The van der Waals surface area contributed by atoms with Crippen molar-refractivity contribution in [3.63, 3.8) is 0 Å². The van der Waals surface area contributed by atoms with Gasteiger partial charge in [-0.2, -0.15) is 0 Å². The number of aromatic amines is 1. The van der Waals surface area contributed by atoms with Gasteiger partial charge in [-0.25, -0.2) is 9.97 Å². The lowest BCUT2D eigenvalue weighted by Gasteiger charge is -2.11. The van der Waals surface area contributed by atoms with Crippen molar-refractivity contribution in [3.05, 3.63) is 54.7 Å². The van der Waals surface area contributed by atoms with Crippen LogP contribution in [0.15, 0.2) is 54.7 Å². The third-order valence-electron chi connectivity index (χ3n) is 4.12. The highest BCUT2D eigenvalue weighted by Gasteiger charge is 2.13. The number of fused-ring (bicyclic) bond motifs is 2. The molecule has 0 aliphatic carbocycles. The van der Waals surface area contributed by atoms with E-state index in [0.717, 1.165) is 41.1 Å². The summed E-state index contributed by atoms with van der Waals surface area (Å²) in [6, 6.07) is 16.4. The summed E-state index contributed by atoms with van der Waals surface area (Å²) in [6.07, 6.45) is 3.90. The zero-order valence-electron chi connectivity index (χ0n) is 13.6. The lowest BCUT2D eigenvalue weighted by molar-refractivity contribution is 0.311. The smallest absolute Gasteiger partial charge is 0.178 e. The average Bonchev–Trinajstić information content (AvgIpc) is 3.05. The molecule has 4 nitrogen and oxygen atoms in total. The summed E-state index contributed by atoms with van der Waals surface area (Å²) in [5.74, 6) is 1.65. The average molecular weight is 317 g/mol. The first-order valence-electron chi connectivity index (χ1n) is 8.32. The van der Waals surface area contributed by atoms with Gasteiger partial charge < -0.3 is 9.72 Å². The highest BCUT2D eigenvalue weighted by Crippen LogP contribution is 2.33. The second-order valence-corrected chi connectivity index (χ2v) is 5.86. The van der Waals surface area contributed by atoms with E-state index >= 15 is 0 Å². The number of pyridine rings is 1. The molecule has 0 radical (unpaired) electrons. The van der Waals surface area contributed by atoms with Gasteiger partial charge in [0.1, 0.15) is 11.6 Å². The first-order valence-corrected chi connectivity index (χ1v) is 8.32. The van der Waals surface area contributed by atoms with Gasteiger partial charge in [0.15, 0.2) is 5.65 Å². The Kier molecular flexibility index (Phi) is 3.87. The van der Waals surface area contributed by atoms with Crippen LogP contribution in [0.2, 0.25) is 0 Å². The van der Waals surface area contributed by atoms with Crippen molar-refractivity contribution >= 4 is 21.9 Å². The first kappa shape index (κ1) is 14.7. The van der Waals surface area contributed by atoms with Crippen molar-refractivity contribution in [2.24, 2.45) is 0 Å². The molecule has 4 aromatic rings. The van der Waals surface area contributed by atoms with E-state index in [9.17, 15) is 0 Å². The van der Waals surface area contributed by atoms with Crippen molar-refractivity contribution in [2.45, 2.75) is 19.8 Å². The Bertz CT molecular complexity index is 957. The zero-order valence-corrected chi connectivity index (χ0v) is 13.6. The van der Waals surface area contributed by atoms with Crippen LogP contribution in [-0.4, -0.2) is 21.6 Å². The molecule has 0 amide bonds. The number of benzene rings is 2. The molecule has 0 aliphatic rings. The number of hydrogen-bond donors (Lipinski definition) is 1. The number of ether oxygens (including phenoxy) is 1. The predicted molar refractivity (Wildman–Crippen MR) is 97.2 cm³/mol. The quantitative estimate of drug-likeness (QED) is 0.529. The molecule has 0 bridgehead atoms. The summed E-state index contributed by atoms with van der Waals surface area (Å²) in [7, 11) is 0. The number of aromatic nitrogens is 3. The molecule has 0 saturated carbocycles. The highest BCUT2D eigenvalue weighted by atomic mass is 16.5. The molecular weight excluding hydrogens is 298 g/mol. The Morgan fingerprint density at radius 3 is 2.67 bits per heavy atom. The Morgan fingerprint density at radius 2 is 1.88 bits per heavy atom. The van der Waals surface area contributed by atoms with Crippen LogP contribution < -0.4 is 4.74 Å². The minimum absolute atomic E-state index is 0.709. The van der Waals surface area contributed by atoms with Gasteiger partial charge in [0.25, 0.3) is 0 Å². The van der Waals surface area contributed by atoms with Crippen molar-refractivity contribution in [1.82, 2.24) is 15.0 Å². The van der Waals surface area contributed by atoms with E-state index in [4.69, 9.17) is 4.74 Å². The minimum atomic E-state index is 0.709. The third-order valence-corrected chi connectivity index (χ3v) is 4.12. The second kappa shape index (κ2) is 6.32. The molecule has 0 fully saturated rings. The van der Waals surface area contributed by atoms with Crippen LogP contribution in [0, 0.1) is 0 Å². The maximum absolute atomic E-state index is 6.06. The minimum Gasteiger partial charge on any atom is -0.493 e. The summed E-state index contributed by atoms with van der Waals surface area (Å²) in [5, 5.41) is 2.34. The number of nitrogens with zero attached hydrogens (tertiary/aromatic N) is 2. The number of nitrogens with one attached hydrogen (secondary N) is 1. The highest BCUT2D eigenvalue weighted by molar-refractivity contribution is 5.90. The fraction of sp³-hybridized carbons (Fsp3) is 0.200. The number of imidazole rings is 1. The predicted octanol–water partition coefficient (Wildman–Crippen LogP) is 4.96. The van der Waals surface area contributed by atoms with Gasteiger partial charge >= 0.3 is 0 Å². The molecule has 0 aliphatic heterocycles. The maximum atomic E-state index is 6.06. The fourth-order valence-electron chi connectivity index (χ4n) is 2.82. The van der Waals surface area contributed by atoms with Crippen LogP contribution in [-0.2, 0) is 0 Å². The molecular formula is C20H19N3O. The van der Waals surface area contributed by atoms with Gasteiger partial charge in [0, 0.05) is 6.20 Å². The lowest BCUT2D eigenvalue weighted by atomic mass is 10.1.